The second-order valence-electron chi connectivity index (χ2n) is 5.01. The quantitative estimate of drug-likeness (QED) is 0.551. The fraction of sp³-hybridized carbons (Fsp3) is 0.111. The molecule has 2 amide bonds. The van der Waals surface area contributed by atoms with Crippen LogP contribution < -0.4 is 20.3 Å². The number of carbonyl (C=O) groups is 2. The summed E-state index contributed by atoms with van der Waals surface area (Å²) in [5.41, 5.74) is 5.52. The predicted octanol–water partition coefficient (Wildman–Crippen LogP) is 3.59. The van der Waals surface area contributed by atoms with E-state index < -0.39 is 11.8 Å². The molecular formula is C18H16BrClN2O4. The van der Waals surface area contributed by atoms with Crippen molar-refractivity contribution in [3.8, 4) is 11.5 Å². The lowest BCUT2D eigenvalue weighted by Crippen LogP contribution is -2.40. The molecule has 0 aliphatic heterocycles. The second-order valence-corrected chi connectivity index (χ2v) is 6.36. The van der Waals surface area contributed by atoms with Gasteiger partial charge in [0.2, 0.25) is 0 Å². The summed E-state index contributed by atoms with van der Waals surface area (Å²) in [5, 5.41) is 0.379. The highest BCUT2D eigenvalue weighted by Gasteiger charge is 2.13. The third-order valence-corrected chi connectivity index (χ3v) is 4.04. The van der Waals surface area contributed by atoms with E-state index in [1.54, 1.807) is 37.5 Å². The van der Waals surface area contributed by atoms with Gasteiger partial charge in [-0.15, -0.1) is 0 Å². The molecule has 0 saturated carbocycles. The van der Waals surface area contributed by atoms with E-state index >= 15 is 0 Å². The van der Waals surface area contributed by atoms with Crippen LogP contribution in [0.3, 0.4) is 0 Å². The minimum Gasteiger partial charge on any atom is -0.496 e. The number of ether oxygens (including phenoxy) is 2. The first-order chi connectivity index (χ1) is 12.4. The molecule has 0 aliphatic rings. The maximum atomic E-state index is 12.2. The maximum Gasteiger partial charge on any atom is 0.273 e. The van der Waals surface area contributed by atoms with Crippen molar-refractivity contribution >= 4 is 45.4 Å². The first-order valence-corrected chi connectivity index (χ1v) is 8.57. The lowest BCUT2D eigenvalue weighted by atomic mass is 10.2. The molecule has 0 saturated heterocycles. The molecule has 0 spiro atoms. The number of benzene rings is 2. The smallest absolute Gasteiger partial charge is 0.273 e. The zero-order chi connectivity index (χ0) is 19.1. The second kappa shape index (κ2) is 9.26. The molecule has 0 aromatic heterocycles. The Morgan fingerprint density at radius 1 is 1.04 bits per heavy atom. The first-order valence-electron chi connectivity index (χ1n) is 7.40. The number of hydrazine groups is 1. The number of methoxy groups -OCH3 is 2. The molecule has 0 bridgehead atoms. The molecule has 26 heavy (non-hydrogen) atoms. The fourth-order valence-corrected chi connectivity index (χ4v) is 2.64. The summed E-state index contributed by atoms with van der Waals surface area (Å²) >= 11 is 9.25. The zero-order valence-corrected chi connectivity index (χ0v) is 16.3. The molecule has 2 aromatic rings. The number of carbonyl (C=O) groups excluding carboxylic acids is 2. The van der Waals surface area contributed by atoms with Gasteiger partial charge in [0.15, 0.2) is 0 Å². The van der Waals surface area contributed by atoms with E-state index in [2.05, 4.69) is 26.8 Å². The molecule has 0 unspecified atom stereocenters. The Labute approximate surface area is 164 Å². The van der Waals surface area contributed by atoms with E-state index in [1.165, 1.54) is 19.3 Å². The van der Waals surface area contributed by atoms with E-state index in [0.29, 0.717) is 22.1 Å². The van der Waals surface area contributed by atoms with E-state index in [9.17, 15) is 9.59 Å². The Bertz CT molecular complexity index is 855. The van der Waals surface area contributed by atoms with Crippen LogP contribution in [0, 0.1) is 0 Å². The Kier molecular flexibility index (Phi) is 7.06. The minimum absolute atomic E-state index is 0.206. The molecule has 0 atom stereocenters. The van der Waals surface area contributed by atoms with Crippen LogP contribution in [0.15, 0.2) is 46.9 Å². The van der Waals surface area contributed by atoms with Gasteiger partial charge in [0.05, 0.1) is 19.8 Å². The summed E-state index contributed by atoms with van der Waals surface area (Å²) in [6, 6.07) is 10.0. The monoisotopic (exact) mass is 438 g/mol. The Morgan fingerprint density at radius 2 is 1.73 bits per heavy atom. The van der Waals surface area contributed by atoms with Crippen molar-refractivity contribution in [2.75, 3.05) is 14.2 Å². The molecular weight excluding hydrogens is 424 g/mol. The van der Waals surface area contributed by atoms with Gasteiger partial charge in [0.25, 0.3) is 11.8 Å². The van der Waals surface area contributed by atoms with Crippen molar-refractivity contribution in [3.05, 3.63) is 63.1 Å². The van der Waals surface area contributed by atoms with E-state index in [4.69, 9.17) is 21.1 Å². The standard InChI is InChI=1S/C18H16BrClN2O4/c1-25-15-6-4-12(19)9-11(15)3-8-17(23)21-22-18(24)14-10-13(20)5-7-16(14)26-2/h3-10H,1-2H3,(H,21,23)(H,22,24)/b8-3+. The van der Waals surface area contributed by atoms with Gasteiger partial charge in [-0.3, -0.25) is 20.4 Å². The Hall–Kier alpha value is -2.51. The van der Waals surface area contributed by atoms with Crippen LogP contribution in [0.2, 0.25) is 5.02 Å². The van der Waals surface area contributed by atoms with E-state index in [0.717, 1.165) is 4.47 Å². The fourth-order valence-electron chi connectivity index (χ4n) is 2.09. The first kappa shape index (κ1) is 19.8. The number of amides is 2. The van der Waals surface area contributed by atoms with Gasteiger partial charge in [0.1, 0.15) is 11.5 Å². The largest absolute Gasteiger partial charge is 0.496 e. The number of nitrogens with one attached hydrogen (secondary N) is 2. The van der Waals surface area contributed by atoms with E-state index in [1.807, 2.05) is 6.07 Å². The van der Waals surface area contributed by atoms with Crippen molar-refractivity contribution in [3.63, 3.8) is 0 Å². The summed E-state index contributed by atoms with van der Waals surface area (Å²) in [6.45, 7) is 0. The van der Waals surface area contributed by atoms with Crippen LogP contribution >= 0.6 is 27.5 Å². The number of rotatable bonds is 5. The number of halogens is 2. The molecule has 2 aromatic carbocycles. The van der Waals surface area contributed by atoms with Crippen LogP contribution in [0.1, 0.15) is 15.9 Å². The highest BCUT2D eigenvalue weighted by atomic mass is 79.9. The molecule has 0 aliphatic carbocycles. The Morgan fingerprint density at radius 3 is 2.42 bits per heavy atom. The molecule has 8 heteroatoms. The van der Waals surface area contributed by atoms with Crippen molar-refractivity contribution < 1.29 is 19.1 Å². The predicted molar refractivity (Wildman–Crippen MR) is 103 cm³/mol. The molecule has 0 radical (unpaired) electrons. The van der Waals surface area contributed by atoms with Gasteiger partial charge in [-0.05, 0) is 42.5 Å². The van der Waals surface area contributed by atoms with Crippen molar-refractivity contribution in [1.82, 2.24) is 10.9 Å². The van der Waals surface area contributed by atoms with Gasteiger partial charge < -0.3 is 9.47 Å². The average molecular weight is 440 g/mol. The van der Waals surface area contributed by atoms with E-state index in [-0.39, 0.29) is 5.56 Å². The molecule has 2 rings (SSSR count). The van der Waals surface area contributed by atoms with Gasteiger partial charge in [-0.2, -0.15) is 0 Å². The van der Waals surface area contributed by atoms with Gasteiger partial charge in [-0.1, -0.05) is 27.5 Å². The summed E-state index contributed by atoms with van der Waals surface area (Å²) in [6.07, 6.45) is 2.85. The summed E-state index contributed by atoms with van der Waals surface area (Å²) in [4.78, 5) is 24.1. The third-order valence-electron chi connectivity index (χ3n) is 3.31. The topological polar surface area (TPSA) is 76.7 Å². The van der Waals surface area contributed by atoms with Crippen LogP contribution in [-0.2, 0) is 4.79 Å². The Balaban J connectivity index is 2.02. The lowest BCUT2D eigenvalue weighted by Gasteiger charge is -2.10. The van der Waals surface area contributed by atoms with Crippen LogP contribution in [-0.4, -0.2) is 26.0 Å². The maximum absolute atomic E-state index is 12.2. The van der Waals surface area contributed by atoms with Crippen LogP contribution in [0.4, 0.5) is 0 Å². The summed E-state index contributed by atoms with van der Waals surface area (Å²) in [7, 11) is 2.98. The number of hydrogen-bond acceptors (Lipinski definition) is 4. The molecule has 2 N–H and O–H groups in total. The summed E-state index contributed by atoms with van der Waals surface area (Å²) in [5.74, 6) is -0.104. The highest BCUT2D eigenvalue weighted by molar-refractivity contribution is 9.10. The van der Waals surface area contributed by atoms with Gasteiger partial charge in [0, 0.05) is 21.1 Å². The van der Waals surface area contributed by atoms with Gasteiger partial charge in [-0.25, -0.2) is 0 Å². The van der Waals surface area contributed by atoms with Crippen LogP contribution in [0.5, 0.6) is 11.5 Å². The lowest BCUT2D eigenvalue weighted by molar-refractivity contribution is -0.117. The van der Waals surface area contributed by atoms with Crippen molar-refractivity contribution in [2.24, 2.45) is 0 Å². The summed E-state index contributed by atoms with van der Waals surface area (Å²) < 4.78 is 11.2. The molecule has 136 valence electrons. The third kappa shape index (κ3) is 5.24. The minimum atomic E-state index is -0.550. The van der Waals surface area contributed by atoms with Crippen molar-refractivity contribution in [1.29, 1.82) is 0 Å². The zero-order valence-electron chi connectivity index (χ0n) is 14.0. The molecule has 0 fully saturated rings. The molecule has 6 nitrogen and oxygen atoms in total. The normalized spacial score (nSPS) is 10.5. The van der Waals surface area contributed by atoms with Crippen molar-refractivity contribution in [2.45, 2.75) is 0 Å². The van der Waals surface area contributed by atoms with Crippen LogP contribution in [0.25, 0.3) is 6.08 Å². The van der Waals surface area contributed by atoms with Gasteiger partial charge >= 0.3 is 0 Å². The number of hydrogen-bond donors (Lipinski definition) is 2. The average Bonchev–Trinajstić information content (AvgIpc) is 2.64. The SMILES string of the molecule is COc1ccc(Br)cc1/C=C/C(=O)NNC(=O)c1cc(Cl)ccc1OC. The molecule has 0 heterocycles. The highest BCUT2D eigenvalue weighted by Crippen LogP contribution is 2.24.